The smallest absolute Gasteiger partial charge is 0.271 e. The highest BCUT2D eigenvalue weighted by atomic mass is 32.2. The van der Waals surface area contributed by atoms with Gasteiger partial charge in [-0.1, -0.05) is 42.1 Å². The highest BCUT2D eigenvalue weighted by molar-refractivity contribution is 7.99. The summed E-state index contributed by atoms with van der Waals surface area (Å²) in [6.07, 6.45) is 0. The number of amides is 1. The first-order valence-corrected chi connectivity index (χ1v) is 11.4. The first kappa shape index (κ1) is 21.0. The van der Waals surface area contributed by atoms with Crippen LogP contribution in [-0.2, 0) is 11.8 Å². The van der Waals surface area contributed by atoms with Crippen molar-refractivity contribution in [3.63, 3.8) is 0 Å². The van der Waals surface area contributed by atoms with E-state index in [9.17, 15) is 14.4 Å². The van der Waals surface area contributed by atoms with Gasteiger partial charge in [0.05, 0.1) is 11.3 Å². The van der Waals surface area contributed by atoms with Crippen LogP contribution in [0, 0.1) is 0 Å². The van der Waals surface area contributed by atoms with Gasteiger partial charge in [0, 0.05) is 29.2 Å². The number of nitrogens with zero attached hydrogens (tertiary/aromatic N) is 2. The van der Waals surface area contributed by atoms with Crippen molar-refractivity contribution in [2.24, 2.45) is 7.05 Å². The predicted octanol–water partition coefficient (Wildman–Crippen LogP) is 4.60. The van der Waals surface area contributed by atoms with Crippen LogP contribution in [0.2, 0.25) is 0 Å². The molecule has 156 valence electrons. The Balaban J connectivity index is 1.54. The Morgan fingerprint density at radius 1 is 1.10 bits per heavy atom. The molecule has 6 nitrogen and oxygen atoms in total. The Labute approximate surface area is 186 Å². The minimum Gasteiger partial charge on any atom is -0.325 e. The molecule has 0 spiro atoms. The van der Waals surface area contributed by atoms with Crippen LogP contribution in [-0.4, -0.2) is 27.0 Å². The number of carbonyl (C=O) groups excluding carboxylic acids is 2. The minimum atomic E-state index is -0.219. The number of benzene rings is 2. The molecule has 0 aliphatic rings. The Hall–Kier alpha value is -3.23. The second-order valence-electron chi connectivity index (χ2n) is 6.92. The van der Waals surface area contributed by atoms with Crippen LogP contribution in [0.3, 0.4) is 0 Å². The summed E-state index contributed by atoms with van der Waals surface area (Å²) >= 11 is 2.59. The van der Waals surface area contributed by atoms with E-state index in [0.717, 1.165) is 11.1 Å². The van der Waals surface area contributed by atoms with Crippen molar-refractivity contribution in [3.05, 3.63) is 75.9 Å². The molecule has 0 fully saturated rings. The van der Waals surface area contributed by atoms with Crippen LogP contribution in [0.5, 0.6) is 0 Å². The summed E-state index contributed by atoms with van der Waals surface area (Å²) < 4.78 is 2.08. The van der Waals surface area contributed by atoms with Crippen molar-refractivity contribution in [1.82, 2.24) is 9.55 Å². The Kier molecular flexibility index (Phi) is 6.01. The van der Waals surface area contributed by atoms with E-state index in [0.29, 0.717) is 26.6 Å². The average Bonchev–Trinajstić information content (AvgIpc) is 3.20. The number of ketones is 1. The van der Waals surface area contributed by atoms with E-state index in [4.69, 9.17) is 4.98 Å². The van der Waals surface area contributed by atoms with Crippen LogP contribution in [0.4, 0.5) is 5.69 Å². The average molecular weight is 450 g/mol. The molecule has 4 rings (SSSR count). The van der Waals surface area contributed by atoms with E-state index in [1.54, 1.807) is 31.3 Å². The van der Waals surface area contributed by atoms with Gasteiger partial charge in [0.2, 0.25) is 5.91 Å². The normalized spacial score (nSPS) is 10.9. The molecule has 0 atom stereocenters. The molecule has 0 bridgehead atoms. The topological polar surface area (TPSA) is 81.1 Å². The molecule has 2 aromatic heterocycles. The van der Waals surface area contributed by atoms with Gasteiger partial charge in [-0.2, -0.15) is 0 Å². The zero-order valence-corrected chi connectivity index (χ0v) is 18.5. The van der Waals surface area contributed by atoms with Gasteiger partial charge < -0.3 is 5.32 Å². The van der Waals surface area contributed by atoms with E-state index >= 15 is 0 Å². The molecule has 1 amide bonds. The molecule has 0 saturated heterocycles. The molecule has 0 unspecified atom stereocenters. The number of anilines is 1. The van der Waals surface area contributed by atoms with Crippen molar-refractivity contribution in [2.75, 3.05) is 11.1 Å². The Bertz CT molecular complexity index is 1330. The quantitative estimate of drug-likeness (QED) is 0.264. The van der Waals surface area contributed by atoms with Gasteiger partial charge in [-0.25, -0.2) is 4.98 Å². The summed E-state index contributed by atoms with van der Waals surface area (Å²) in [5.41, 5.74) is 3.64. The van der Waals surface area contributed by atoms with Crippen molar-refractivity contribution in [2.45, 2.75) is 12.1 Å². The number of rotatable bonds is 6. The number of aromatic nitrogens is 2. The van der Waals surface area contributed by atoms with Gasteiger partial charge in [-0.3, -0.25) is 19.0 Å². The highest BCUT2D eigenvalue weighted by Gasteiger charge is 2.16. The fourth-order valence-corrected chi connectivity index (χ4v) is 4.84. The summed E-state index contributed by atoms with van der Waals surface area (Å²) in [4.78, 5) is 41.3. The number of nitrogens with one attached hydrogen (secondary N) is 1. The van der Waals surface area contributed by atoms with Gasteiger partial charge >= 0.3 is 0 Å². The molecular formula is C23H19N3O3S2. The fraction of sp³-hybridized carbons (Fsp3) is 0.130. The standard InChI is InChI=1S/C23H19N3O3S2/c1-14(27)15-8-10-17(11-9-15)24-19(28)13-31-23-25-20-18(16-6-4-3-5-7-16)12-30-21(20)22(29)26(23)2/h3-12H,13H2,1-2H3,(H,24,28). The summed E-state index contributed by atoms with van der Waals surface area (Å²) in [6, 6.07) is 16.5. The molecule has 4 aromatic rings. The number of fused-ring (bicyclic) bond motifs is 1. The van der Waals surface area contributed by atoms with Crippen LogP contribution < -0.4 is 10.9 Å². The van der Waals surface area contributed by atoms with E-state index in [1.807, 2.05) is 35.7 Å². The first-order chi connectivity index (χ1) is 14.9. The molecule has 0 aliphatic carbocycles. The van der Waals surface area contributed by atoms with Gasteiger partial charge in [0.1, 0.15) is 4.70 Å². The second-order valence-corrected chi connectivity index (χ2v) is 8.74. The Morgan fingerprint density at radius 2 is 1.81 bits per heavy atom. The van der Waals surface area contributed by atoms with Crippen LogP contribution >= 0.6 is 23.1 Å². The van der Waals surface area contributed by atoms with Gasteiger partial charge in [-0.15, -0.1) is 11.3 Å². The predicted molar refractivity (Wildman–Crippen MR) is 126 cm³/mol. The lowest BCUT2D eigenvalue weighted by molar-refractivity contribution is -0.113. The maximum Gasteiger partial charge on any atom is 0.271 e. The van der Waals surface area contributed by atoms with E-state index in [2.05, 4.69) is 5.32 Å². The minimum absolute atomic E-state index is 0.0286. The SMILES string of the molecule is CC(=O)c1ccc(NC(=O)CSc2nc3c(-c4ccccc4)csc3c(=O)n2C)cc1. The monoisotopic (exact) mass is 449 g/mol. The molecule has 31 heavy (non-hydrogen) atoms. The largest absolute Gasteiger partial charge is 0.325 e. The molecule has 0 radical (unpaired) electrons. The molecule has 2 aromatic carbocycles. The molecule has 0 saturated carbocycles. The summed E-state index contributed by atoms with van der Waals surface area (Å²) in [5, 5.41) is 5.22. The molecule has 2 heterocycles. The van der Waals surface area contributed by atoms with Crippen molar-refractivity contribution >= 4 is 50.7 Å². The zero-order valence-electron chi connectivity index (χ0n) is 16.9. The zero-order chi connectivity index (χ0) is 22.0. The number of Topliss-reactive ketones (excluding diaryl/α,β-unsaturated/α-hetero) is 1. The number of thioether (sulfide) groups is 1. The third kappa shape index (κ3) is 4.45. The van der Waals surface area contributed by atoms with Gasteiger partial charge in [-0.05, 0) is 36.8 Å². The molecular weight excluding hydrogens is 430 g/mol. The lowest BCUT2D eigenvalue weighted by Gasteiger charge is -2.09. The molecule has 0 aliphatic heterocycles. The van der Waals surface area contributed by atoms with Crippen molar-refractivity contribution in [3.8, 4) is 11.1 Å². The van der Waals surface area contributed by atoms with Crippen molar-refractivity contribution in [1.29, 1.82) is 0 Å². The maximum absolute atomic E-state index is 12.8. The third-order valence-electron chi connectivity index (χ3n) is 4.75. The number of carbonyl (C=O) groups is 2. The number of thiophene rings is 1. The highest BCUT2D eigenvalue weighted by Crippen LogP contribution is 2.32. The van der Waals surface area contributed by atoms with E-state index in [-0.39, 0.29) is 23.0 Å². The van der Waals surface area contributed by atoms with Crippen molar-refractivity contribution < 1.29 is 9.59 Å². The third-order valence-corrected chi connectivity index (χ3v) is 6.74. The lowest BCUT2D eigenvalue weighted by atomic mass is 10.1. The summed E-state index contributed by atoms with van der Waals surface area (Å²) in [5.74, 6) is -0.145. The van der Waals surface area contributed by atoms with Gasteiger partial charge in [0.25, 0.3) is 5.56 Å². The van der Waals surface area contributed by atoms with Crippen LogP contribution in [0.15, 0.2) is 69.9 Å². The molecule has 8 heteroatoms. The first-order valence-electron chi connectivity index (χ1n) is 9.51. The lowest BCUT2D eigenvalue weighted by Crippen LogP contribution is -2.20. The Morgan fingerprint density at radius 3 is 2.48 bits per heavy atom. The second kappa shape index (κ2) is 8.87. The van der Waals surface area contributed by atoms with E-state index in [1.165, 1.54) is 34.6 Å². The van der Waals surface area contributed by atoms with Crippen LogP contribution in [0.25, 0.3) is 21.3 Å². The number of hydrogen-bond acceptors (Lipinski definition) is 6. The fourth-order valence-electron chi connectivity index (χ4n) is 3.09. The molecule has 1 N–H and O–H groups in total. The number of hydrogen-bond donors (Lipinski definition) is 1. The summed E-state index contributed by atoms with van der Waals surface area (Å²) in [6.45, 7) is 1.50. The van der Waals surface area contributed by atoms with E-state index < -0.39 is 0 Å². The summed E-state index contributed by atoms with van der Waals surface area (Å²) in [7, 11) is 1.66. The van der Waals surface area contributed by atoms with Gasteiger partial charge in [0.15, 0.2) is 10.9 Å². The maximum atomic E-state index is 12.8. The van der Waals surface area contributed by atoms with Crippen LogP contribution in [0.1, 0.15) is 17.3 Å².